The van der Waals surface area contributed by atoms with Gasteiger partial charge in [0.05, 0.1) is 4.92 Å². The third-order valence-electron chi connectivity index (χ3n) is 1.53. The number of hydrogen-bond donors (Lipinski definition) is 1. The van der Waals surface area contributed by atoms with Gasteiger partial charge in [-0.05, 0) is 17.7 Å². The molecule has 78 valence electrons. The Labute approximate surface area is 93.3 Å². The molecule has 0 aliphatic carbocycles. The summed E-state index contributed by atoms with van der Waals surface area (Å²) in [6, 6.07) is 4.23. The molecule has 1 aromatic rings. The van der Waals surface area contributed by atoms with Gasteiger partial charge in [0.1, 0.15) is 0 Å². The highest BCUT2D eigenvalue weighted by Gasteiger charge is 2.07. The smallest absolute Gasteiger partial charge is 0.328 e. The molecule has 5 nitrogen and oxygen atoms in total. The van der Waals surface area contributed by atoms with Gasteiger partial charge in [0.25, 0.3) is 5.69 Å². The summed E-state index contributed by atoms with van der Waals surface area (Å²) in [7, 11) is 0. The standard InChI is InChI=1S/C9H6BrNO4/c10-7-3-6(1-2-9(12)13)4-8(5-7)11(14)15/h1-5H,(H,12,13)/b2-1-. The molecule has 0 saturated heterocycles. The Morgan fingerprint density at radius 1 is 1.47 bits per heavy atom. The van der Waals surface area contributed by atoms with Crippen LogP contribution in [0.4, 0.5) is 5.69 Å². The number of aliphatic carboxylic acids is 1. The topological polar surface area (TPSA) is 80.4 Å². The quantitative estimate of drug-likeness (QED) is 0.520. The first-order valence-corrected chi connectivity index (χ1v) is 4.64. The van der Waals surface area contributed by atoms with Crippen molar-refractivity contribution in [3.63, 3.8) is 0 Å². The predicted octanol–water partition coefficient (Wildman–Crippen LogP) is 2.46. The number of benzene rings is 1. The van der Waals surface area contributed by atoms with Gasteiger partial charge in [-0.1, -0.05) is 15.9 Å². The lowest BCUT2D eigenvalue weighted by Crippen LogP contribution is -1.89. The minimum absolute atomic E-state index is 0.0885. The summed E-state index contributed by atoms with van der Waals surface area (Å²) in [4.78, 5) is 20.2. The lowest BCUT2D eigenvalue weighted by atomic mass is 10.2. The van der Waals surface area contributed by atoms with E-state index >= 15 is 0 Å². The molecule has 1 N–H and O–H groups in total. The molecule has 15 heavy (non-hydrogen) atoms. The first kappa shape index (κ1) is 11.4. The Morgan fingerprint density at radius 3 is 2.67 bits per heavy atom. The number of nitrogens with zero attached hydrogens (tertiary/aromatic N) is 1. The normalized spacial score (nSPS) is 10.5. The predicted molar refractivity (Wildman–Crippen MR) is 57.5 cm³/mol. The van der Waals surface area contributed by atoms with E-state index in [4.69, 9.17) is 5.11 Å². The number of carboxylic acid groups (broad SMARTS) is 1. The lowest BCUT2D eigenvalue weighted by Gasteiger charge is -1.96. The highest BCUT2D eigenvalue weighted by Crippen LogP contribution is 2.21. The molecular weight excluding hydrogens is 266 g/mol. The second-order valence-electron chi connectivity index (χ2n) is 2.67. The number of carbonyl (C=O) groups is 1. The minimum atomic E-state index is -1.10. The maximum atomic E-state index is 10.5. The zero-order valence-corrected chi connectivity index (χ0v) is 8.97. The average Bonchev–Trinajstić information content (AvgIpc) is 2.13. The van der Waals surface area contributed by atoms with Crippen LogP contribution in [0.5, 0.6) is 0 Å². The van der Waals surface area contributed by atoms with Crippen molar-refractivity contribution in [2.24, 2.45) is 0 Å². The van der Waals surface area contributed by atoms with Crippen LogP contribution in [0, 0.1) is 10.1 Å². The van der Waals surface area contributed by atoms with Gasteiger partial charge in [-0.3, -0.25) is 10.1 Å². The average molecular weight is 272 g/mol. The lowest BCUT2D eigenvalue weighted by molar-refractivity contribution is -0.384. The van der Waals surface area contributed by atoms with Crippen molar-refractivity contribution >= 4 is 33.7 Å². The Bertz CT molecular complexity index is 442. The first-order chi connectivity index (χ1) is 6.99. The highest BCUT2D eigenvalue weighted by molar-refractivity contribution is 9.10. The Kier molecular flexibility index (Phi) is 3.56. The minimum Gasteiger partial charge on any atom is -0.478 e. The fourth-order valence-corrected chi connectivity index (χ4v) is 1.46. The number of rotatable bonds is 3. The van der Waals surface area contributed by atoms with E-state index in [2.05, 4.69) is 15.9 Å². The van der Waals surface area contributed by atoms with Crippen molar-refractivity contribution in [2.75, 3.05) is 0 Å². The summed E-state index contributed by atoms with van der Waals surface area (Å²) < 4.78 is 0.529. The number of non-ortho nitro benzene ring substituents is 1. The van der Waals surface area contributed by atoms with Gasteiger partial charge in [-0.2, -0.15) is 0 Å². The SMILES string of the molecule is O=C(O)/C=C\c1cc(Br)cc([N+](=O)[O-])c1. The molecule has 1 rings (SSSR count). The largest absolute Gasteiger partial charge is 0.478 e. The molecule has 0 bridgehead atoms. The van der Waals surface area contributed by atoms with Gasteiger partial charge >= 0.3 is 5.97 Å². The summed E-state index contributed by atoms with van der Waals surface area (Å²) in [5, 5.41) is 18.9. The molecule has 0 atom stereocenters. The molecule has 6 heteroatoms. The number of nitro groups is 1. The summed E-state index contributed by atoms with van der Waals surface area (Å²) in [6.07, 6.45) is 2.21. The summed E-state index contributed by atoms with van der Waals surface area (Å²) in [5.74, 6) is -1.10. The van der Waals surface area contributed by atoms with E-state index in [1.54, 1.807) is 6.07 Å². The van der Waals surface area contributed by atoms with E-state index in [0.29, 0.717) is 10.0 Å². The van der Waals surface area contributed by atoms with Gasteiger partial charge in [-0.25, -0.2) is 4.79 Å². The van der Waals surface area contributed by atoms with Crippen LogP contribution in [0.2, 0.25) is 0 Å². The number of carboxylic acids is 1. The van der Waals surface area contributed by atoms with Gasteiger partial charge in [0.2, 0.25) is 0 Å². The van der Waals surface area contributed by atoms with Crippen molar-refractivity contribution in [1.82, 2.24) is 0 Å². The molecule has 0 amide bonds. The fourth-order valence-electron chi connectivity index (χ4n) is 0.965. The van der Waals surface area contributed by atoms with Crippen LogP contribution >= 0.6 is 15.9 Å². The van der Waals surface area contributed by atoms with Gasteiger partial charge in [0, 0.05) is 22.7 Å². The van der Waals surface area contributed by atoms with Crippen LogP contribution in [0.15, 0.2) is 28.7 Å². The maximum absolute atomic E-state index is 10.5. The molecule has 0 aromatic heterocycles. The Balaban J connectivity index is 3.09. The molecule has 0 radical (unpaired) electrons. The van der Waals surface area contributed by atoms with E-state index in [1.165, 1.54) is 18.2 Å². The van der Waals surface area contributed by atoms with Gasteiger partial charge < -0.3 is 5.11 Å². The first-order valence-electron chi connectivity index (χ1n) is 3.85. The van der Waals surface area contributed by atoms with Crippen molar-refractivity contribution in [3.8, 4) is 0 Å². The number of nitro benzene ring substituents is 1. The van der Waals surface area contributed by atoms with Crippen LogP contribution in [0.1, 0.15) is 5.56 Å². The molecule has 0 heterocycles. The number of halogens is 1. The fraction of sp³-hybridized carbons (Fsp3) is 0. The molecular formula is C9H6BrNO4. The van der Waals surface area contributed by atoms with Crippen molar-refractivity contribution in [2.45, 2.75) is 0 Å². The highest BCUT2D eigenvalue weighted by atomic mass is 79.9. The molecule has 0 aliphatic heterocycles. The van der Waals surface area contributed by atoms with E-state index in [1.807, 2.05) is 0 Å². The molecule has 0 fully saturated rings. The van der Waals surface area contributed by atoms with E-state index in [9.17, 15) is 14.9 Å². The number of hydrogen-bond acceptors (Lipinski definition) is 3. The molecule has 0 aliphatic rings. The van der Waals surface area contributed by atoms with Crippen molar-refractivity contribution in [1.29, 1.82) is 0 Å². The zero-order valence-electron chi connectivity index (χ0n) is 7.38. The van der Waals surface area contributed by atoms with E-state index < -0.39 is 10.9 Å². The third-order valence-corrected chi connectivity index (χ3v) is 1.99. The second-order valence-corrected chi connectivity index (χ2v) is 3.59. The van der Waals surface area contributed by atoms with Crippen LogP contribution < -0.4 is 0 Å². The van der Waals surface area contributed by atoms with Crippen LogP contribution in [-0.4, -0.2) is 16.0 Å². The molecule has 0 spiro atoms. The summed E-state index contributed by atoms with van der Waals surface area (Å²) in [6.45, 7) is 0. The zero-order chi connectivity index (χ0) is 11.4. The Hall–Kier alpha value is -1.69. The maximum Gasteiger partial charge on any atom is 0.328 e. The van der Waals surface area contributed by atoms with Crippen LogP contribution in [-0.2, 0) is 4.79 Å². The van der Waals surface area contributed by atoms with Crippen molar-refractivity contribution < 1.29 is 14.8 Å². The third kappa shape index (κ3) is 3.51. The van der Waals surface area contributed by atoms with E-state index in [0.717, 1.165) is 6.08 Å². The molecule has 0 saturated carbocycles. The Morgan fingerprint density at radius 2 is 2.13 bits per heavy atom. The van der Waals surface area contributed by atoms with Gasteiger partial charge in [0.15, 0.2) is 0 Å². The molecule has 1 aromatic carbocycles. The summed E-state index contributed by atoms with van der Waals surface area (Å²) in [5.41, 5.74) is 0.368. The van der Waals surface area contributed by atoms with Crippen molar-refractivity contribution in [3.05, 3.63) is 44.4 Å². The van der Waals surface area contributed by atoms with Crippen LogP contribution in [0.25, 0.3) is 6.08 Å². The monoisotopic (exact) mass is 271 g/mol. The van der Waals surface area contributed by atoms with E-state index in [-0.39, 0.29) is 5.69 Å². The van der Waals surface area contributed by atoms with Crippen LogP contribution in [0.3, 0.4) is 0 Å². The van der Waals surface area contributed by atoms with Gasteiger partial charge in [-0.15, -0.1) is 0 Å². The summed E-state index contributed by atoms with van der Waals surface area (Å²) >= 11 is 3.10. The molecule has 0 unspecified atom stereocenters. The second kappa shape index (κ2) is 4.70.